The SMILES string of the molecule is Cc1noc(CCCC(=O)N(CCC(=O)O)CC(C)C)n1. The van der Waals surface area contributed by atoms with Gasteiger partial charge in [0.05, 0.1) is 6.42 Å². The van der Waals surface area contributed by atoms with Gasteiger partial charge in [0.1, 0.15) is 0 Å². The number of carboxylic acid groups (broad SMARTS) is 1. The van der Waals surface area contributed by atoms with E-state index in [1.807, 2.05) is 13.8 Å². The van der Waals surface area contributed by atoms with Crippen molar-refractivity contribution in [3.63, 3.8) is 0 Å². The Kier molecular flexibility index (Phi) is 6.84. The highest BCUT2D eigenvalue weighted by atomic mass is 16.5. The van der Waals surface area contributed by atoms with Gasteiger partial charge < -0.3 is 14.5 Å². The molecule has 0 aliphatic carbocycles. The fraction of sp³-hybridized carbons (Fsp3) is 0.714. The largest absolute Gasteiger partial charge is 0.481 e. The van der Waals surface area contributed by atoms with Gasteiger partial charge in [0.15, 0.2) is 5.82 Å². The minimum atomic E-state index is -0.891. The average Bonchev–Trinajstić information content (AvgIpc) is 2.79. The smallest absolute Gasteiger partial charge is 0.305 e. The number of carbonyl (C=O) groups excluding carboxylic acids is 1. The van der Waals surface area contributed by atoms with Crippen molar-refractivity contribution in [1.29, 1.82) is 0 Å². The van der Waals surface area contributed by atoms with Gasteiger partial charge in [-0.3, -0.25) is 9.59 Å². The van der Waals surface area contributed by atoms with E-state index in [1.165, 1.54) is 0 Å². The third-order valence-corrected chi connectivity index (χ3v) is 2.88. The van der Waals surface area contributed by atoms with Crippen molar-refractivity contribution in [2.24, 2.45) is 5.92 Å². The van der Waals surface area contributed by atoms with E-state index in [9.17, 15) is 9.59 Å². The van der Waals surface area contributed by atoms with E-state index >= 15 is 0 Å². The molecule has 0 saturated carbocycles. The fourth-order valence-corrected chi connectivity index (χ4v) is 1.98. The van der Waals surface area contributed by atoms with Crippen molar-refractivity contribution in [1.82, 2.24) is 15.0 Å². The van der Waals surface area contributed by atoms with Crippen molar-refractivity contribution < 1.29 is 19.2 Å². The van der Waals surface area contributed by atoms with Crippen LogP contribution in [0.1, 0.15) is 44.8 Å². The van der Waals surface area contributed by atoms with Gasteiger partial charge in [-0.1, -0.05) is 19.0 Å². The van der Waals surface area contributed by atoms with E-state index in [0.29, 0.717) is 43.4 Å². The van der Waals surface area contributed by atoms with Crippen LogP contribution in [-0.4, -0.2) is 45.1 Å². The molecule has 1 rings (SSSR count). The Morgan fingerprint density at radius 2 is 2.05 bits per heavy atom. The van der Waals surface area contributed by atoms with E-state index in [-0.39, 0.29) is 18.9 Å². The summed E-state index contributed by atoms with van der Waals surface area (Å²) in [6.45, 7) is 6.58. The highest BCUT2D eigenvalue weighted by molar-refractivity contribution is 5.77. The molecule has 0 fully saturated rings. The maximum Gasteiger partial charge on any atom is 0.305 e. The van der Waals surface area contributed by atoms with Crippen molar-refractivity contribution in [2.45, 2.75) is 46.5 Å². The van der Waals surface area contributed by atoms with Gasteiger partial charge in [-0.25, -0.2) is 0 Å². The van der Waals surface area contributed by atoms with E-state index in [4.69, 9.17) is 9.63 Å². The summed E-state index contributed by atoms with van der Waals surface area (Å²) in [5.74, 6) is 0.501. The highest BCUT2D eigenvalue weighted by Gasteiger charge is 2.16. The monoisotopic (exact) mass is 297 g/mol. The highest BCUT2D eigenvalue weighted by Crippen LogP contribution is 2.08. The van der Waals surface area contributed by atoms with E-state index in [1.54, 1.807) is 11.8 Å². The van der Waals surface area contributed by atoms with Crippen LogP contribution in [0, 0.1) is 12.8 Å². The van der Waals surface area contributed by atoms with Gasteiger partial charge in [-0.05, 0) is 19.3 Å². The molecule has 0 bridgehead atoms. The van der Waals surface area contributed by atoms with Crippen LogP contribution in [0.3, 0.4) is 0 Å². The topological polar surface area (TPSA) is 96.5 Å². The van der Waals surface area contributed by atoms with Crippen LogP contribution < -0.4 is 0 Å². The Morgan fingerprint density at radius 1 is 1.33 bits per heavy atom. The number of nitrogens with zero attached hydrogens (tertiary/aromatic N) is 3. The lowest BCUT2D eigenvalue weighted by Crippen LogP contribution is -2.35. The first-order chi connectivity index (χ1) is 9.88. The summed E-state index contributed by atoms with van der Waals surface area (Å²) < 4.78 is 4.99. The Balaban J connectivity index is 2.41. The minimum absolute atomic E-state index is 0.0265. The second kappa shape index (κ2) is 8.39. The molecule has 0 atom stereocenters. The van der Waals surface area contributed by atoms with Gasteiger partial charge >= 0.3 is 5.97 Å². The van der Waals surface area contributed by atoms with Gasteiger partial charge in [0, 0.05) is 25.9 Å². The lowest BCUT2D eigenvalue weighted by molar-refractivity contribution is -0.138. The van der Waals surface area contributed by atoms with Gasteiger partial charge in [0.2, 0.25) is 11.8 Å². The maximum atomic E-state index is 12.2. The van der Waals surface area contributed by atoms with Crippen molar-refractivity contribution >= 4 is 11.9 Å². The molecule has 7 nitrogen and oxygen atoms in total. The molecular weight excluding hydrogens is 274 g/mol. The van der Waals surface area contributed by atoms with Gasteiger partial charge in [-0.15, -0.1) is 0 Å². The quantitative estimate of drug-likeness (QED) is 0.744. The molecule has 0 spiro atoms. The third-order valence-electron chi connectivity index (χ3n) is 2.88. The molecule has 1 N–H and O–H groups in total. The summed E-state index contributed by atoms with van der Waals surface area (Å²) in [5, 5.41) is 12.4. The average molecular weight is 297 g/mol. The first-order valence-electron chi connectivity index (χ1n) is 7.17. The summed E-state index contributed by atoms with van der Waals surface area (Å²) in [6.07, 6.45) is 1.50. The summed E-state index contributed by atoms with van der Waals surface area (Å²) in [5.41, 5.74) is 0. The normalized spacial score (nSPS) is 10.9. The van der Waals surface area contributed by atoms with Crippen LogP contribution >= 0.6 is 0 Å². The van der Waals surface area contributed by atoms with E-state index < -0.39 is 5.97 Å². The summed E-state index contributed by atoms with van der Waals surface area (Å²) in [7, 11) is 0. The molecule has 0 aliphatic rings. The van der Waals surface area contributed by atoms with Crippen LogP contribution in [-0.2, 0) is 16.0 Å². The predicted molar refractivity (Wildman–Crippen MR) is 75.6 cm³/mol. The van der Waals surface area contributed by atoms with Crippen molar-refractivity contribution in [2.75, 3.05) is 13.1 Å². The van der Waals surface area contributed by atoms with Gasteiger partial charge in [0.25, 0.3) is 0 Å². The molecule has 0 radical (unpaired) electrons. The van der Waals surface area contributed by atoms with Crippen LogP contribution in [0.2, 0.25) is 0 Å². The Labute approximate surface area is 124 Å². The van der Waals surface area contributed by atoms with Crippen LogP contribution in [0.4, 0.5) is 0 Å². The zero-order chi connectivity index (χ0) is 15.8. The second-order valence-electron chi connectivity index (χ2n) is 5.47. The zero-order valence-electron chi connectivity index (χ0n) is 12.8. The summed E-state index contributed by atoms with van der Waals surface area (Å²) in [6, 6.07) is 0. The van der Waals surface area contributed by atoms with E-state index in [2.05, 4.69) is 10.1 Å². The number of carboxylic acids is 1. The van der Waals surface area contributed by atoms with Gasteiger partial charge in [-0.2, -0.15) is 4.98 Å². The molecular formula is C14H23N3O4. The molecule has 0 aliphatic heterocycles. The van der Waals surface area contributed by atoms with Crippen molar-refractivity contribution in [3.05, 3.63) is 11.7 Å². The summed E-state index contributed by atoms with van der Waals surface area (Å²) >= 11 is 0. The molecule has 1 heterocycles. The molecule has 1 aromatic rings. The molecule has 0 aromatic carbocycles. The minimum Gasteiger partial charge on any atom is -0.481 e. The Morgan fingerprint density at radius 3 is 2.57 bits per heavy atom. The number of rotatable bonds is 9. The first-order valence-corrected chi connectivity index (χ1v) is 7.17. The Hall–Kier alpha value is -1.92. The number of hydrogen-bond donors (Lipinski definition) is 1. The molecule has 0 unspecified atom stereocenters. The molecule has 0 saturated heterocycles. The van der Waals surface area contributed by atoms with Crippen LogP contribution in [0.5, 0.6) is 0 Å². The predicted octanol–water partition coefficient (Wildman–Crippen LogP) is 1.66. The number of aromatic nitrogens is 2. The molecule has 1 amide bonds. The Bertz CT molecular complexity index is 471. The third kappa shape index (κ3) is 6.87. The first kappa shape index (κ1) is 17.1. The number of carbonyl (C=O) groups is 2. The number of amides is 1. The molecule has 21 heavy (non-hydrogen) atoms. The standard InChI is InChI=1S/C14H23N3O4/c1-10(2)9-17(8-7-14(19)20)13(18)6-4-5-12-15-11(3)16-21-12/h10H,4-9H2,1-3H3,(H,19,20). The second-order valence-corrected chi connectivity index (χ2v) is 5.47. The van der Waals surface area contributed by atoms with Crippen LogP contribution in [0.25, 0.3) is 0 Å². The zero-order valence-corrected chi connectivity index (χ0v) is 12.8. The number of aliphatic carboxylic acids is 1. The summed E-state index contributed by atoms with van der Waals surface area (Å²) in [4.78, 5) is 28.5. The van der Waals surface area contributed by atoms with Crippen LogP contribution in [0.15, 0.2) is 4.52 Å². The lowest BCUT2D eigenvalue weighted by Gasteiger charge is -2.24. The number of hydrogen-bond acceptors (Lipinski definition) is 5. The molecule has 1 aromatic heterocycles. The molecule has 7 heteroatoms. The van der Waals surface area contributed by atoms with Crippen molar-refractivity contribution in [3.8, 4) is 0 Å². The lowest BCUT2D eigenvalue weighted by atomic mass is 10.1. The number of aryl methyl sites for hydroxylation is 2. The van der Waals surface area contributed by atoms with E-state index in [0.717, 1.165) is 0 Å². The molecule has 118 valence electrons. The maximum absolute atomic E-state index is 12.2. The fourth-order valence-electron chi connectivity index (χ4n) is 1.98.